The zero-order chi connectivity index (χ0) is 23.6. The molecule has 1 amide bonds. The van der Waals surface area contributed by atoms with E-state index in [0.717, 1.165) is 11.5 Å². The SMILES string of the molecule is Cc1nn(CC(=O)NC2CCN(Cc3cccc(C(F)(F)F)c3)CC2)c(=O)c2ccccc12. The molecule has 0 unspecified atom stereocenters. The van der Waals surface area contributed by atoms with E-state index in [4.69, 9.17) is 0 Å². The first-order valence-corrected chi connectivity index (χ1v) is 10.8. The molecule has 0 spiro atoms. The summed E-state index contributed by atoms with van der Waals surface area (Å²) in [4.78, 5) is 27.3. The summed E-state index contributed by atoms with van der Waals surface area (Å²) in [5, 5.41) is 8.53. The first-order chi connectivity index (χ1) is 15.7. The van der Waals surface area contributed by atoms with Gasteiger partial charge in [0.2, 0.25) is 5.91 Å². The summed E-state index contributed by atoms with van der Waals surface area (Å²) in [5.41, 5.74) is 0.350. The van der Waals surface area contributed by atoms with Gasteiger partial charge in [-0.15, -0.1) is 0 Å². The molecule has 0 radical (unpaired) electrons. The van der Waals surface area contributed by atoms with Gasteiger partial charge in [0.15, 0.2) is 0 Å². The quantitative estimate of drug-likeness (QED) is 0.636. The van der Waals surface area contributed by atoms with Crippen molar-refractivity contribution in [3.8, 4) is 0 Å². The summed E-state index contributed by atoms with van der Waals surface area (Å²) in [6.07, 6.45) is -2.98. The van der Waals surface area contributed by atoms with Crippen LogP contribution in [0.5, 0.6) is 0 Å². The van der Waals surface area contributed by atoms with Gasteiger partial charge in [-0.25, -0.2) is 4.68 Å². The van der Waals surface area contributed by atoms with Crippen LogP contribution < -0.4 is 10.9 Å². The molecule has 9 heteroatoms. The molecule has 1 aliphatic rings. The first kappa shape index (κ1) is 23.0. The van der Waals surface area contributed by atoms with Gasteiger partial charge in [-0.1, -0.05) is 36.4 Å². The molecule has 0 saturated carbocycles. The van der Waals surface area contributed by atoms with Crippen LogP contribution in [-0.2, 0) is 24.1 Å². The number of hydrogen-bond donors (Lipinski definition) is 1. The van der Waals surface area contributed by atoms with Gasteiger partial charge in [0, 0.05) is 31.1 Å². The lowest BCUT2D eigenvalue weighted by atomic mass is 10.0. The minimum atomic E-state index is -4.35. The van der Waals surface area contributed by atoms with E-state index in [-0.39, 0.29) is 24.1 Å². The van der Waals surface area contributed by atoms with Crippen LogP contribution in [0.1, 0.15) is 29.7 Å². The molecular formula is C24H25F3N4O2. The van der Waals surface area contributed by atoms with Crippen LogP contribution in [0.15, 0.2) is 53.3 Å². The standard InChI is InChI=1S/C24H25F3N4O2/c1-16-20-7-2-3-8-21(20)23(33)31(29-16)15-22(32)28-19-9-11-30(12-10-19)14-17-5-4-6-18(13-17)24(25,26)27/h2-8,13,19H,9-12,14-15H2,1H3,(H,28,32). The van der Waals surface area contributed by atoms with Crippen molar-refractivity contribution in [3.05, 3.63) is 75.7 Å². The monoisotopic (exact) mass is 458 g/mol. The maximum Gasteiger partial charge on any atom is 0.416 e. The second-order valence-corrected chi connectivity index (χ2v) is 8.41. The van der Waals surface area contributed by atoms with E-state index in [9.17, 15) is 22.8 Å². The molecule has 0 atom stereocenters. The second-order valence-electron chi connectivity index (χ2n) is 8.41. The van der Waals surface area contributed by atoms with Crippen molar-refractivity contribution in [3.63, 3.8) is 0 Å². The van der Waals surface area contributed by atoms with E-state index in [0.29, 0.717) is 49.1 Å². The molecule has 2 aromatic carbocycles. The third-order valence-corrected chi connectivity index (χ3v) is 5.96. The topological polar surface area (TPSA) is 67.2 Å². The van der Waals surface area contributed by atoms with Crippen molar-refractivity contribution in [1.29, 1.82) is 0 Å². The van der Waals surface area contributed by atoms with Crippen LogP contribution >= 0.6 is 0 Å². The molecule has 174 valence electrons. The van der Waals surface area contributed by atoms with Gasteiger partial charge in [0.25, 0.3) is 5.56 Å². The highest BCUT2D eigenvalue weighted by molar-refractivity contribution is 5.83. The highest BCUT2D eigenvalue weighted by Gasteiger charge is 2.30. The Kier molecular flexibility index (Phi) is 6.51. The van der Waals surface area contributed by atoms with E-state index in [1.807, 2.05) is 12.1 Å². The molecule has 1 N–H and O–H groups in total. The fraction of sp³-hybridized carbons (Fsp3) is 0.375. The highest BCUT2D eigenvalue weighted by Crippen LogP contribution is 2.30. The number of hydrogen-bond acceptors (Lipinski definition) is 4. The largest absolute Gasteiger partial charge is 0.416 e. The average molecular weight is 458 g/mol. The summed E-state index contributed by atoms with van der Waals surface area (Å²) >= 11 is 0. The zero-order valence-electron chi connectivity index (χ0n) is 18.2. The van der Waals surface area contributed by atoms with Crippen LogP contribution in [0.2, 0.25) is 0 Å². The Bertz CT molecular complexity index is 1210. The van der Waals surface area contributed by atoms with Crippen molar-refractivity contribution < 1.29 is 18.0 Å². The molecule has 1 aromatic heterocycles. The van der Waals surface area contributed by atoms with Crippen LogP contribution in [0, 0.1) is 6.92 Å². The van der Waals surface area contributed by atoms with Crippen molar-refractivity contribution in [2.45, 2.75) is 45.1 Å². The molecule has 1 fully saturated rings. The highest BCUT2D eigenvalue weighted by atomic mass is 19.4. The molecule has 0 aliphatic carbocycles. The van der Waals surface area contributed by atoms with Crippen LogP contribution in [0.25, 0.3) is 10.8 Å². The Morgan fingerprint density at radius 2 is 1.79 bits per heavy atom. The van der Waals surface area contributed by atoms with Crippen LogP contribution in [-0.4, -0.2) is 39.7 Å². The minimum absolute atomic E-state index is 0.0486. The molecular weight excluding hydrogens is 433 g/mol. The number of aryl methyl sites for hydroxylation is 1. The Morgan fingerprint density at radius 1 is 1.09 bits per heavy atom. The Hall–Kier alpha value is -3.20. The van der Waals surface area contributed by atoms with Crippen molar-refractivity contribution in [1.82, 2.24) is 20.0 Å². The van der Waals surface area contributed by atoms with Gasteiger partial charge in [0.1, 0.15) is 6.54 Å². The predicted molar refractivity (Wildman–Crippen MR) is 119 cm³/mol. The van der Waals surface area contributed by atoms with Crippen LogP contribution in [0.3, 0.4) is 0 Å². The third kappa shape index (κ3) is 5.42. The number of nitrogens with zero attached hydrogens (tertiary/aromatic N) is 3. The third-order valence-electron chi connectivity index (χ3n) is 5.96. The van der Waals surface area contributed by atoms with Crippen LogP contribution in [0.4, 0.5) is 13.2 Å². The normalized spacial score (nSPS) is 15.6. The van der Waals surface area contributed by atoms with E-state index >= 15 is 0 Å². The number of piperidine rings is 1. The van der Waals surface area contributed by atoms with Gasteiger partial charge in [0.05, 0.1) is 16.6 Å². The van der Waals surface area contributed by atoms with Crippen molar-refractivity contribution in [2.24, 2.45) is 0 Å². The molecule has 2 heterocycles. The number of benzene rings is 2. The van der Waals surface area contributed by atoms with Gasteiger partial charge in [-0.05, 0) is 37.5 Å². The fourth-order valence-corrected chi connectivity index (χ4v) is 4.26. The smallest absolute Gasteiger partial charge is 0.352 e. The van der Waals surface area contributed by atoms with E-state index < -0.39 is 11.7 Å². The summed E-state index contributed by atoms with van der Waals surface area (Å²) in [5.74, 6) is -0.282. The molecule has 0 bridgehead atoms. The number of aromatic nitrogens is 2. The molecule has 3 aromatic rings. The predicted octanol–water partition coefficient (Wildman–Crippen LogP) is 3.50. The number of amides is 1. The lowest BCUT2D eigenvalue weighted by molar-refractivity contribution is -0.137. The number of nitrogens with one attached hydrogen (secondary N) is 1. The number of carbonyl (C=O) groups is 1. The number of halogens is 3. The first-order valence-electron chi connectivity index (χ1n) is 10.8. The lowest BCUT2D eigenvalue weighted by Gasteiger charge is -2.32. The molecule has 4 rings (SSSR count). The van der Waals surface area contributed by atoms with Crippen molar-refractivity contribution >= 4 is 16.7 Å². The molecule has 33 heavy (non-hydrogen) atoms. The van der Waals surface area contributed by atoms with E-state index in [1.165, 1.54) is 16.8 Å². The fourth-order valence-electron chi connectivity index (χ4n) is 4.26. The summed E-state index contributed by atoms with van der Waals surface area (Å²) in [7, 11) is 0. The summed E-state index contributed by atoms with van der Waals surface area (Å²) in [6.45, 7) is 3.40. The van der Waals surface area contributed by atoms with Crippen molar-refractivity contribution in [2.75, 3.05) is 13.1 Å². The van der Waals surface area contributed by atoms with E-state index in [2.05, 4.69) is 15.3 Å². The molecule has 1 aliphatic heterocycles. The Morgan fingerprint density at radius 3 is 2.48 bits per heavy atom. The Balaban J connectivity index is 1.32. The minimum Gasteiger partial charge on any atom is -0.352 e. The average Bonchev–Trinajstić information content (AvgIpc) is 2.78. The number of likely N-dealkylation sites (tertiary alicyclic amines) is 1. The summed E-state index contributed by atoms with van der Waals surface area (Å²) in [6, 6.07) is 12.5. The maximum atomic E-state index is 12.9. The molecule has 1 saturated heterocycles. The molecule has 6 nitrogen and oxygen atoms in total. The van der Waals surface area contributed by atoms with E-state index in [1.54, 1.807) is 25.1 Å². The zero-order valence-corrected chi connectivity index (χ0v) is 18.2. The van der Waals surface area contributed by atoms with Gasteiger partial charge in [-0.3, -0.25) is 14.5 Å². The second kappa shape index (κ2) is 9.35. The number of fused-ring (bicyclic) bond motifs is 1. The number of rotatable bonds is 5. The number of carbonyl (C=O) groups excluding carboxylic acids is 1. The van der Waals surface area contributed by atoms with Gasteiger partial charge in [-0.2, -0.15) is 18.3 Å². The maximum absolute atomic E-state index is 12.9. The lowest BCUT2D eigenvalue weighted by Crippen LogP contribution is -2.46. The van der Waals surface area contributed by atoms with Gasteiger partial charge < -0.3 is 5.32 Å². The number of alkyl halides is 3. The summed E-state index contributed by atoms with van der Waals surface area (Å²) < 4.78 is 39.9. The Labute approximate surface area is 189 Å². The van der Waals surface area contributed by atoms with Gasteiger partial charge >= 0.3 is 6.18 Å².